The minimum atomic E-state index is -4.48. The fraction of sp³-hybridized carbons (Fsp3) is 0.304. The summed E-state index contributed by atoms with van der Waals surface area (Å²) in [6, 6.07) is 12.7. The number of nitrogens with one attached hydrogen (secondary N) is 3. The number of rotatable bonds is 4. The lowest BCUT2D eigenvalue weighted by Gasteiger charge is -2.30. The van der Waals surface area contributed by atoms with E-state index < -0.39 is 11.9 Å². The Morgan fingerprint density at radius 3 is 2.56 bits per heavy atom. The smallest absolute Gasteiger partial charge is 0.368 e. The second-order valence-electron chi connectivity index (χ2n) is 8.17. The monoisotopic (exact) mass is 441 g/mol. The van der Waals surface area contributed by atoms with Crippen LogP contribution in [0.25, 0.3) is 16.6 Å². The van der Waals surface area contributed by atoms with Gasteiger partial charge in [0.2, 0.25) is 0 Å². The number of alkyl halides is 3. The summed E-state index contributed by atoms with van der Waals surface area (Å²) in [6.07, 6.45) is 1.54. The maximum atomic E-state index is 13.0. The van der Waals surface area contributed by atoms with Crippen LogP contribution in [0, 0.1) is 0 Å². The van der Waals surface area contributed by atoms with Crippen molar-refractivity contribution in [1.29, 1.82) is 0 Å². The molecule has 0 bridgehead atoms. The Morgan fingerprint density at radius 1 is 1.03 bits per heavy atom. The molecule has 4 aromatic rings. The lowest BCUT2D eigenvalue weighted by Crippen LogP contribution is -2.40. The number of fused-ring (bicyclic) bond motifs is 2. The molecule has 1 fully saturated rings. The molecule has 5 rings (SSSR count). The van der Waals surface area contributed by atoms with Crippen LogP contribution in [-0.2, 0) is 6.18 Å². The number of anilines is 1. The van der Waals surface area contributed by atoms with Crippen molar-refractivity contribution in [3.63, 3.8) is 0 Å². The number of pyridine rings is 1. The topological polar surface area (TPSA) is 74.2 Å². The SMILES string of the molecule is O=C(NC1CCC(Nc2cccc3nc(C(F)(F)F)cn23)CC1)c1cccc2[nH]ccc12. The highest BCUT2D eigenvalue weighted by Gasteiger charge is 2.34. The Labute approximate surface area is 181 Å². The van der Waals surface area contributed by atoms with E-state index in [4.69, 9.17) is 0 Å². The first-order chi connectivity index (χ1) is 15.4. The zero-order chi connectivity index (χ0) is 22.3. The summed E-state index contributed by atoms with van der Waals surface area (Å²) >= 11 is 0. The molecule has 0 radical (unpaired) electrons. The number of hydrogen-bond donors (Lipinski definition) is 3. The summed E-state index contributed by atoms with van der Waals surface area (Å²) in [4.78, 5) is 19.6. The predicted molar refractivity (Wildman–Crippen MR) is 116 cm³/mol. The standard InChI is InChI=1S/C23H22F3N5O/c24-23(25,26)19-13-31-20(5-2-6-21(31)30-19)28-14-7-9-15(10-8-14)29-22(32)17-3-1-4-18-16(17)11-12-27-18/h1-6,11-15,27-28H,7-10H2,(H,29,32). The van der Waals surface area contributed by atoms with Crippen LogP contribution in [0.3, 0.4) is 0 Å². The number of aromatic amines is 1. The van der Waals surface area contributed by atoms with Crippen molar-refractivity contribution in [3.05, 3.63) is 66.1 Å². The number of imidazole rings is 1. The second kappa shape index (κ2) is 7.89. The van der Waals surface area contributed by atoms with E-state index in [9.17, 15) is 18.0 Å². The van der Waals surface area contributed by atoms with Gasteiger partial charge in [-0.15, -0.1) is 0 Å². The summed E-state index contributed by atoms with van der Waals surface area (Å²) in [5.74, 6) is 0.492. The van der Waals surface area contributed by atoms with Gasteiger partial charge in [-0.2, -0.15) is 13.2 Å². The Bertz CT molecular complexity index is 1270. The first-order valence-corrected chi connectivity index (χ1v) is 10.6. The number of hydrogen-bond acceptors (Lipinski definition) is 3. The van der Waals surface area contributed by atoms with E-state index >= 15 is 0 Å². The molecule has 1 aliphatic carbocycles. The molecule has 1 amide bonds. The Balaban J connectivity index is 1.22. The van der Waals surface area contributed by atoms with E-state index in [1.165, 1.54) is 4.40 Å². The summed E-state index contributed by atoms with van der Waals surface area (Å²) in [5, 5.41) is 7.38. The Morgan fingerprint density at radius 2 is 1.78 bits per heavy atom. The summed E-state index contributed by atoms with van der Waals surface area (Å²) in [7, 11) is 0. The molecular weight excluding hydrogens is 419 g/mol. The van der Waals surface area contributed by atoms with E-state index in [1.807, 2.05) is 30.5 Å². The second-order valence-corrected chi connectivity index (χ2v) is 8.17. The van der Waals surface area contributed by atoms with Gasteiger partial charge in [-0.25, -0.2) is 4.98 Å². The molecule has 3 aromatic heterocycles. The number of nitrogens with zero attached hydrogens (tertiary/aromatic N) is 2. The van der Waals surface area contributed by atoms with Gasteiger partial charge in [0.15, 0.2) is 5.69 Å². The number of amides is 1. The predicted octanol–water partition coefficient (Wildman–Crippen LogP) is 4.99. The molecular formula is C23H22F3N5O. The van der Waals surface area contributed by atoms with Gasteiger partial charge in [0, 0.05) is 40.9 Å². The summed E-state index contributed by atoms with van der Waals surface area (Å²) < 4.78 is 40.5. The van der Waals surface area contributed by atoms with E-state index in [0.717, 1.165) is 42.8 Å². The van der Waals surface area contributed by atoms with Gasteiger partial charge in [-0.05, 0) is 56.0 Å². The number of carbonyl (C=O) groups excluding carboxylic acids is 1. The van der Waals surface area contributed by atoms with Gasteiger partial charge in [-0.1, -0.05) is 12.1 Å². The quantitative estimate of drug-likeness (QED) is 0.418. The fourth-order valence-corrected chi connectivity index (χ4v) is 4.40. The van der Waals surface area contributed by atoms with Crippen LogP contribution in [0.15, 0.2) is 54.9 Å². The summed E-state index contributed by atoms with van der Waals surface area (Å²) in [5.41, 5.74) is 0.919. The van der Waals surface area contributed by atoms with Crippen molar-refractivity contribution in [1.82, 2.24) is 19.7 Å². The number of halogens is 3. The zero-order valence-electron chi connectivity index (χ0n) is 17.1. The molecule has 1 saturated carbocycles. The molecule has 1 aliphatic rings. The highest BCUT2D eigenvalue weighted by Crippen LogP contribution is 2.30. The maximum Gasteiger partial charge on any atom is 0.434 e. The number of carbonyl (C=O) groups is 1. The molecule has 3 heterocycles. The van der Waals surface area contributed by atoms with Crippen LogP contribution >= 0.6 is 0 Å². The molecule has 0 spiro atoms. The van der Waals surface area contributed by atoms with Gasteiger partial charge >= 0.3 is 6.18 Å². The van der Waals surface area contributed by atoms with Gasteiger partial charge in [0.25, 0.3) is 5.91 Å². The molecule has 166 valence electrons. The fourth-order valence-electron chi connectivity index (χ4n) is 4.40. The van der Waals surface area contributed by atoms with Crippen molar-refractivity contribution >= 4 is 28.3 Å². The number of benzene rings is 1. The Hall–Kier alpha value is -3.49. The van der Waals surface area contributed by atoms with Crippen molar-refractivity contribution in [2.24, 2.45) is 0 Å². The third-order valence-electron chi connectivity index (χ3n) is 6.04. The third kappa shape index (κ3) is 3.90. The van der Waals surface area contributed by atoms with Crippen LogP contribution in [-0.4, -0.2) is 32.4 Å². The first kappa shape index (κ1) is 20.4. The molecule has 0 atom stereocenters. The van der Waals surface area contributed by atoms with Crippen LogP contribution in [0.2, 0.25) is 0 Å². The molecule has 6 nitrogen and oxygen atoms in total. The molecule has 3 N–H and O–H groups in total. The number of aromatic nitrogens is 3. The molecule has 32 heavy (non-hydrogen) atoms. The highest BCUT2D eigenvalue weighted by molar-refractivity contribution is 6.06. The van der Waals surface area contributed by atoms with Crippen LogP contribution < -0.4 is 10.6 Å². The average molecular weight is 441 g/mol. The number of H-pyrrole nitrogens is 1. The lowest BCUT2D eigenvalue weighted by molar-refractivity contribution is -0.140. The van der Waals surface area contributed by atoms with Crippen LogP contribution in [0.5, 0.6) is 0 Å². The van der Waals surface area contributed by atoms with Gasteiger partial charge in [-0.3, -0.25) is 9.20 Å². The largest absolute Gasteiger partial charge is 0.434 e. The van der Waals surface area contributed by atoms with E-state index in [0.29, 0.717) is 11.4 Å². The van der Waals surface area contributed by atoms with E-state index in [2.05, 4.69) is 20.6 Å². The maximum absolute atomic E-state index is 13.0. The lowest BCUT2D eigenvalue weighted by atomic mass is 9.91. The first-order valence-electron chi connectivity index (χ1n) is 10.6. The average Bonchev–Trinajstić information content (AvgIpc) is 3.42. The third-order valence-corrected chi connectivity index (χ3v) is 6.04. The van der Waals surface area contributed by atoms with Crippen molar-refractivity contribution in [2.45, 2.75) is 43.9 Å². The minimum absolute atomic E-state index is 0.0654. The molecule has 0 aliphatic heterocycles. The van der Waals surface area contributed by atoms with Gasteiger partial charge in [0.1, 0.15) is 11.5 Å². The van der Waals surface area contributed by atoms with Crippen molar-refractivity contribution in [2.75, 3.05) is 5.32 Å². The zero-order valence-corrected chi connectivity index (χ0v) is 17.1. The van der Waals surface area contributed by atoms with Crippen molar-refractivity contribution < 1.29 is 18.0 Å². The van der Waals surface area contributed by atoms with E-state index in [1.54, 1.807) is 18.2 Å². The van der Waals surface area contributed by atoms with Crippen LogP contribution in [0.4, 0.5) is 19.0 Å². The molecule has 0 unspecified atom stereocenters. The van der Waals surface area contributed by atoms with Crippen molar-refractivity contribution in [3.8, 4) is 0 Å². The highest BCUT2D eigenvalue weighted by atomic mass is 19.4. The minimum Gasteiger partial charge on any atom is -0.368 e. The molecule has 1 aromatic carbocycles. The van der Waals surface area contributed by atoms with Gasteiger partial charge in [0.05, 0.1) is 0 Å². The molecule has 0 saturated heterocycles. The normalized spacial score (nSPS) is 19.3. The van der Waals surface area contributed by atoms with E-state index in [-0.39, 0.29) is 23.6 Å². The van der Waals surface area contributed by atoms with Crippen LogP contribution in [0.1, 0.15) is 41.7 Å². The van der Waals surface area contributed by atoms with Gasteiger partial charge < -0.3 is 15.6 Å². The Kier molecular flexibility index (Phi) is 5.03. The molecule has 9 heteroatoms. The summed E-state index contributed by atoms with van der Waals surface area (Å²) in [6.45, 7) is 0.